The smallest absolute Gasteiger partial charge is 0.254 e. The normalized spacial score (nSPS) is 19.2. The van der Waals surface area contributed by atoms with Crippen LogP contribution in [0.4, 0.5) is 0 Å². The molecule has 2 N–H and O–H groups in total. The van der Waals surface area contributed by atoms with Crippen LogP contribution in [0.15, 0.2) is 36.4 Å². The van der Waals surface area contributed by atoms with Crippen molar-refractivity contribution in [3.05, 3.63) is 53.1 Å². The molecule has 0 radical (unpaired) electrons. The van der Waals surface area contributed by atoms with Gasteiger partial charge in [-0.15, -0.1) is 0 Å². The van der Waals surface area contributed by atoms with Crippen LogP contribution in [0.5, 0.6) is 0 Å². The van der Waals surface area contributed by atoms with Gasteiger partial charge in [-0.1, -0.05) is 12.1 Å². The highest BCUT2D eigenvalue weighted by molar-refractivity contribution is 6.00. The molecule has 1 amide bonds. The molecular formula is C29H33N5O2. The van der Waals surface area contributed by atoms with Gasteiger partial charge >= 0.3 is 0 Å². The van der Waals surface area contributed by atoms with Crippen molar-refractivity contribution in [2.24, 2.45) is 18.7 Å². The van der Waals surface area contributed by atoms with Gasteiger partial charge in [0.2, 0.25) is 0 Å². The summed E-state index contributed by atoms with van der Waals surface area (Å²) < 4.78 is 10.1. The summed E-state index contributed by atoms with van der Waals surface area (Å²) in [6.07, 6.45) is 3.44. The molecule has 1 atom stereocenters. The van der Waals surface area contributed by atoms with E-state index in [-0.39, 0.29) is 11.9 Å². The number of aromatic nitrogens is 3. The maximum atomic E-state index is 13.2. The van der Waals surface area contributed by atoms with Crippen LogP contribution < -0.4 is 5.73 Å². The number of benzene rings is 2. The molecule has 1 saturated heterocycles. The number of carbonyl (C=O) groups excluding carboxylic acids is 1. The van der Waals surface area contributed by atoms with Crippen LogP contribution in [0.2, 0.25) is 0 Å². The standard InChI is InChI=1S/C29H33N5O2/c1-17(30)13-33-8-7-20-10-26-24(12-23(20)29(33)35)31-28(32(26)2)27-11-21-6-5-19(22-15-36-16-22)9-25(21)34(27)14-18-3-4-18/h5-6,9-12,17-18,22H,3-4,7-8,13-16,30H2,1-2H3. The first-order valence-corrected chi connectivity index (χ1v) is 13.2. The van der Waals surface area contributed by atoms with Gasteiger partial charge in [0.15, 0.2) is 5.82 Å². The van der Waals surface area contributed by atoms with E-state index in [1.807, 2.05) is 17.9 Å². The molecule has 4 heterocycles. The topological polar surface area (TPSA) is 78.3 Å². The van der Waals surface area contributed by atoms with Crippen molar-refractivity contribution in [1.82, 2.24) is 19.0 Å². The second-order valence-corrected chi connectivity index (χ2v) is 11.1. The lowest BCUT2D eigenvalue weighted by atomic mass is 9.97. The van der Waals surface area contributed by atoms with Crippen LogP contribution in [0, 0.1) is 5.92 Å². The van der Waals surface area contributed by atoms with Crippen molar-refractivity contribution < 1.29 is 9.53 Å². The maximum Gasteiger partial charge on any atom is 0.254 e. The fourth-order valence-corrected chi connectivity index (χ4v) is 5.86. The minimum absolute atomic E-state index is 0.0357. The Labute approximate surface area is 210 Å². The zero-order valence-electron chi connectivity index (χ0n) is 21.0. The first-order valence-electron chi connectivity index (χ1n) is 13.2. The van der Waals surface area contributed by atoms with Crippen LogP contribution in [0.3, 0.4) is 0 Å². The van der Waals surface area contributed by atoms with E-state index in [4.69, 9.17) is 15.5 Å². The number of nitrogens with zero attached hydrogens (tertiary/aromatic N) is 4. The molecule has 7 nitrogen and oxygen atoms in total. The summed E-state index contributed by atoms with van der Waals surface area (Å²) in [5, 5.41) is 1.25. The number of ether oxygens (including phenoxy) is 1. The highest BCUT2D eigenvalue weighted by Gasteiger charge is 2.29. The first-order chi connectivity index (χ1) is 17.5. The third-order valence-electron chi connectivity index (χ3n) is 8.19. The van der Waals surface area contributed by atoms with Gasteiger partial charge in [0.05, 0.1) is 29.9 Å². The highest BCUT2D eigenvalue weighted by Crippen LogP contribution is 2.38. The van der Waals surface area contributed by atoms with Gasteiger partial charge < -0.3 is 24.5 Å². The second kappa shape index (κ2) is 8.18. The number of imidazole rings is 1. The Morgan fingerprint density at radius 1 is 1.14 bits per heavy atom. The van der Waals surface area contributed by atoms with Crippen LogP contribution in [0.25, 0.3) is 33.5 Å². The van der Waals surface area contributed by atoms with E-state index >= 15 is 0 Å². The van der Waals surface area contributed by atoms with E-state index < -0.39 is 0 Å². The SMILES string of the molecule is CC(N)CN1CCc2cc3c(cc2C1=O)nc(-c1cc2ccc(C4COC4)cc2n1CC1CC1)n3C. The summed E-state index contributed by atoms with van der Waals surface area (Å²) in [6.45, 7) is 5.90. The fourth-order valence-electron chi connectivity index (χ4n) is 5.86. The molecule has 7 heteroatoms. The molecule has 2 fully saturated rings. The van der Waals surface area contributed by atoms with Crippen LogP contribution >= 0.6 is 0 Å². The average Bonchev–Trinajstić information content (AvgIpc) is 3.50. The summed E-state index contributed by atoms with van der Waals surface area (Å²) >= 11 is 0. The predicted molar refractivity (Wildman–Crippen MR) is 141 cm³/mol. The van der Waals surface area contributed by atoms with Crippen molar-refractivity contribution in [2.75, 3.05) is 26.3 Å². The number of hydrogen-bond donors (Lipinski definition) is 1. The molecule has 186 valence electrons. The van der Waals surface area contributed by atoms with Crippen molar-refractivity contribution in [1.29, 1.82) is 0 Å². The third-order valence-corrected chi connectivity index (χ3v) is 8.19. The molecule has 0 spiro atoms. The molecule has 2 aliphatic heterocycles. The molecule has 4 aromatic rings. The summed E-state index contributed by atoms with van der Waals surface area (Å²) in [7, 11) is 2.10. The van der Waals surface area contributed by atoms with E-state index in [0.29, 0.717) is 19.0 Å². The highest BCUT2D eigenvalue weighted by atomic mass is 16.5. The van der Waals surface area contributed by atoms with E-state index in [2.05, 4.69) is 46.5 Å². The Hall–Kier alpha value is -3.16. The van der Waals surface area contributed by atoms with E-state index in [1.165, 1.54) is 29.3 Å². The van der Waals surface area contributed by atoms with Crippen molar-refractivity contribution >= 4 is 27.8 Å². The van der Waals surface area contributed by atoms with Crippen LogP contribution in [0.1, 0.15) is 47.2 Å². The summed E-state index contributed by atoms with van der Waals surface area (Å²) in [5.41, 5.74) is 13.6. The number of hydrogen-bond acceptors (Lipinski definition) is 4. The van der Waals surface area contributed by atoms with Gasteiger partial charge in [0.25, 0.3) is 5.91 Å². The first kappa shape index (κ1) is 22.1. The van der Waals surface area contributed by atoms with E-state index in [0.717, 1.165) is 65.8 Å². The minimum atomic E-state index is -0.0357. The van der Waals surface area contributed by atoms with Gasteiger partial charge in [-0.25, -0.2) is 4.98 Å². The Balaban J connectivity index is 1.34. The Morgan fingerprint density at radius 3 is 2.69 bits per heavy atom. The van der Waals surface area contributed by atoms with Gasteiger partial charge in [-0.3, -0.25) is 4.79 Å². The summed E-state index contributed by atoms with van der Waals surface area (Å²) in [6, 6.07) is 13.3. The molecule has 2 aromatic carbocycles. The second-order valence-electron chi connectivity index (χ2n) is 11.1. The Morgan fingerprint density at radius 2 is 1.97 bits per heavy atom. The van der Waals surface area contributed by atoms with E-state index in [1.54, 1.807) is 0 Å². The van der Waals surface area contributed by atoms with Gasteiger partial charge in [0, 0.05) is 55.1 Å². The molecule has 1 aliphatic carbocycles. The van der Waals surface area contributed by atoms with Crippen molar-refractivity contribution in [2.45, 2.75) is 44.7 Å². The molecular weight excluding hydrogens is 450 g/mol. The molecule has 2 aromatic heterocycles. The lowest BCUT2D eigenvalue weighted by molar-refractivity contribution is 0.00846. The predicted octanol–water partition coefficient (Wildman–Crippen LogP) is 4.06. The van der Waals surface area contributed by atoms with Crippen LogP contribution in [-0.2, 0) is 24.8 Å². The number of nitrogens with two attached hydrogens (primary N) is 1. The third kappa shape index (κ3) is 3.56. The van der Waals surface area contributed by atoms with Crippen molar-refractivity contribution in [3.8, 4) is 11.5 Å². The largest absolute Gasteiger partial charge is 0.380 e. The van der Waals surface area contributed by atoms with Gasteiger partial charge in [-0.05, 0) is 67.5 Å². The van der Waals surface area contributed by atoms with Crippen LogP contribution in [-0.4, -0.2) is 57.3 Å². The molecule has 0 bridgehead atoms. The van der Waals surface area contributed by atoms with Gasteiger partial charge in [0.1, 0.15) is 0 Å². The zero-order chi connectivity index (χ0) is 24.6. The zero-order valence-corrected chi connectivity index (χ0v) is 21.0. The number of fused-ring (bicyclic) bond motifs is 3. The lowest BCUT2D eigenvalue weighted by Crippen LogP contribution is -2.43. The molecule has 7 rings (SSSR count). The molecule has 36 heavy (non-hydrogen) atoms. The number of rotatable bonds is 6. The fraction of sp³-hybridized carbons (Fsp3) is 0.448. The number of carbonyl (C=O) groups is 1. The van der Waals surface area contributed by atoms with Crippen molar-refractivity contribution in [3.63, 3.8) is 0 Å². The molecule has 1 unspecified atom stereocenters. The molecule has 3 aliphatic rings. The van der Waals surface area contributed by atoms with E-state index in [9.17, 15) is 4.79 Å². The quantitative estimate of drug-likeness (QED) is 0.449. The average molecular weight is 484 g/mol. The number of amides is 1. The minimum Gasteiger partial charge on any atom is -0.380 e. The maximum absolute atomic E-state index is 13.2. The Kier molecular flexibility index (Phi) is 5.02. The number of aryl methyl sites for hydroxylation is 1. The summed E-state index contributed by atoms with van der Waals surface area (Å²) in [5.74, 6) is 2.27. The monoisotopic (exact) mass is 483 g/mol. The molecule has 1 saturated carbocycles. The van der Waals surface area contributed by atoms with Gasteiger partial charge in [-0.2, -0.15) is 0 Å². The Bertz CT molecular complexity index is 1510. The lowest BCUT2D eigenvalue weighted by Gasteiger charge is -2.29. The summed E-state index contributed by atoms with van der Waals surface area (Å²) in [4.78, 5) is 20.2.